The predicted octanol–water partition coefficient (Wildman–Crippen LogP) is 1.64. The van der Waals surface area contributed by atoms with Gasteiger partial charge in [0, 0.05) is 24.8 Å². The minimum absolute atomic E-state index is 0.246. The summed E-state index contributed by atoms with van der Waals surface area (Å²) in [6.07, 6.45) is 6.61. The summed E-state index contributed by atoms with van der Waals surface area (Å²) >= 11 is 0. The molecule has 1 saturated heterocycles. The predicted molar refractivity (Wildman–Crippen MR) is 66.9 cm³/mol. The van der Waals surface area contributed by atoms with Gasteiger partial charge in [-0.05, 0) is 38.6 Å². The first-order valence-electron chi connectivity index (χ1n) is 6.46. The maximum absolute atomic E-state index is 10.9. The maximum atomic E-state index is 10.9. The smallest absolute Gasteiger partial charge is 0.331 e. The van der Waals surface area contributed by atoms with Gasteiger partial charge in [-0.1, -0.05) is 13.0 Å². The van der Waals surface area contributed by atoms with Crippen molar-refractivity contribution in [3.05, 3.63) is 11.6 Å². The Kier molecular flexibility index (Phi) is 6.22. The van der Waals surface area contributed by atoms with E-state index >= 15 is 0 Å². The molecular weight excluding hydrogens is 218 g/mol. The zero-order chi connectivity index (χ0) is 12.7. The highest BCUT2D eigenvalue weighted by Crippen LogP contribution is 2.21. The lowest BCUT2D eigenvalue weighted by Gasteiger charge is -2.22. The Bertz CT molecular complexity index is 276. The highest BCUT2D eigenvalue weighted by Gasteiger charge is 2.23. The first kappa shape index (κ1) is 14.2. The number of rotatable bonds is 7. The van der Waals surface area contributed by atoms with E-state index < -0.39 is 5.97 Å². The normalized spacial score (nSPS) is 22.0. The second-order valence-electron chi connectivity index (χ2n) is 4.54. The van der Waals surface area contributed by atoms with Crippen molar-refractivity contribution in [2.45, 2.75) is 45.1 Å². The number of carboxylic acids is 1. The second kappa shape index (κ2) is 7.45. The molecule has 0 aromatic carbocycles. The molecule has 98 valence electrons. The molecule has 4 heteroatoms. The molecule has 4 nitrogen and oxygen atoms in total. The summed E-state index contributed by atoms with van der Waals surface area (Å²) in [4.78, 5) is 13.2. The third-order valence-electron chi connectivity index (χ3n) is 3.42. The zero-order valence-corrected chi connectivity index (χ0v) is 10.6. The number of aliphatic hydroxyl groups is 1. The van der Waals surface area contributed by atoms with Crippen LogP contribution in [0.5, 0.6) is 0 Å². The molecule has 1 aliphatic heterocycles. The van der Waals surface area contributed by atoms with E-state index in [1.54, 1.807) is 0 Å². The lowest BCUT2D eigenvalue weighted by atomic mass is 10.1. The second-order valence-corrected chi connectivity index (χ2v) is 4.54. The van der Waals surface area contributed by atoms with E-state index in [2.05, 4.69) is 4.90 Å². The molecular formula is C13H23NO3. The van der Waals surface area contributed by atoms with E-state index in [0.717, 1.165) is 25.9 Å². The van der Waals surface area contributed by atoms with Crippen LogP contribution in [-0.2, 0) is 4.79 Å². The summed E-state index contributed by atoms with van der Waals surface area (Å²) in [5.41, 5.74) is 0.498. The molecule has 1 rings (SSSR count). The maximum Gasteiger partial charge on any atom is 0.331 e. The Labute approximate surface area is 103 Å². The largest absolute Gasteiger partial charge is 0.478 e. The summed E-state index contributed by atoms with van der Waals surface area (Å²) in [5, 5.41) is 17.8. The molecule has 0 radical (unpaired) electrons. The topological polar surface area (TPSA) is 60.8 Å². The molecule has 0 aliphatic carbocycles. The van der Waals surface area contributed by atoms with Crippen LogP contribution in [-0.4, -0.2) is 46.8 Å². The number of hydrogen-bond acceptors (Lipinski definition) is 3. The van der Waals surface area contributed by atoms with Crippen molar-refractivity contribution in [1.82, 2.24) is 4.90 Å². The highest BCUT2D eigenvalue weighted by molar-refractivity contribution is 5.86. The van der Waals surface area contributed by atoms with Gasteiger partial charge in [-0.15, -0.1) is 0 Å². The van der Waals surface area contributed by atoms with E-state index in [4.69, 9.17) is 10.2 Å². The fraction of sp³-hybridized carbons (Fsp3) is 0.769. The lowest BCUT2D eigenvalue weighted by Crippen LogP contribution is -2.30. The summed E-state index contributed by atoms with van der Waals surface area (Å²) in [6, 6.07) is 0.519. The summed E-state index contributed by atoms with van der Waals surface area (Å²) in [6.45, 7) is 3.89. The van der Waals surface area contributed by atoms with Crippen molar-refractivity contribution in [2.24, 2.45) is 0 Å². The number of likely N-dealkylation sites (tertiary alicyclic amines) is 1. The number of hydrogen-bond donors (Lipinski definition) is 2. The molecule has 0 aromatic heterocycles. The van der Waals surface area contributed by atoms with Crippen molar-refractivity contribution in [2.75, 3.05) is 19.7 Å². The third kappa shape index (κ3) is 4.48. The van der Waals surface area contributed by atoms with Crippen molar-refractivity contribution in [3.63, 3.8) is 0 Å². The molecule has 1 aliphatic rings. The number of aliphatic carboxylic acids is 1. The lowest BCUT2D eigenvalue weighted by molar-refractivity contribution is -0.132. The Morgan fingerprint density at radius 3 is 2.88 bits per heavy atom. The third-order valence-corrected chi connectivity index (χ3v) is 3.42. The van der Waals surface area contributed by atoms with E-state index in [0.29, 0.717) is 18.0 Å². The number of carbonyl (C=O) groups is 1. The van der Waals surface area contributed by atoms with Crippen molar-refractivity contribution in [3.8, 4) is 0 Å². The SMILES string of the molecule is CCC(=CCN1CCCC1CCCO)C(=O)O. The monoisotopic (exact) mass is 241 g/mol. The highest BCUT2D eigenvalue weighted by atomic mass is 16.4. The van der Waals surface area contributed by atoms with Crippen LogP contribution >= 0.6 is 0 Å². The van der Waals surface area contributed by atoms with Gasteiger partial charge in [0.2, 0.25) is 0 Å². The molecule has 1 heterocycles. The fourth-order valence-corrected chi connectivity index (χ4v) is 2.40. The van der Waals surface area contributed by atoms with Gasteiger partial charge in [0.1, 0.15) is 0 Å². The summed E-state index contributed by atoms with van der Waals surface area (Å²) < 4.78 is 0. The molecule has 0 saturated carbocycles. The van der Waals surface area contributed by atoms with E-state index in [9.17, 15) is 4.79 Å². The first-order valence-corrected chi connectivity index (χ1v) is 6.46. The number of carboxylic acid groups (broad SMARTS) is 1. The van der Waals surface area contributed by atoms with Gasteiger partial charge >= 0.3 is 5.97 Å². The van der Waals surface area contributed by atoms with Gasteiger partial charge in [0.05, 0.1) is 0 Å². The Balaban J connectivity index is 2.46. The molecule has 17 heavy (non-hydrogen) atoms. The Morgan fingerprint density at radius 2 is 2.29 bits per heavy atom. The van der Waals surface area contributed by atoms with Gasteiger partial charge in [-0.25, -0.2) is 4.79 Å². The molecule has 1 unspecified atom stereocenters. The van der Waals surface area contributed by atoms with Gasteiger partial charge in [-0.2, -0.15) is 0 Å². The van der Waals surface area contributed by atoms with E-state index in [-0.39, 0.29) is 6.61 Å². The number of nitrogens with zero attached hydrogens (tertiary/aromatic N) is 1. The van der Waals surface area contributed by atoms with Crippen LogP contribution in [0.1, 0.15) is 39.0 Å². The summed E-state index contributed by atoms with van der Waals surface area (Å²) in [7, 11) is 0. The van der Waals surface area contributed by atoms with Crippen LogP contribution in [0.2, 0.25) is 0 Å². The van der Waals surface area contributed by atoms with Gasteiger partial charge < -0.3 is 10.2 Å². The van der Waals surface area contributed by atoms with E-state index in [1.807, 2.05) is 13.0 Å². The van der Waals surface area contributed by atoms with Crippen molar-refractivity contribution < 1.29 is 15.0 Å². The van der Waals surface area contributed by atoms with Crippen LogP contribution < -0.4 is 0 Å². The van der Waals surface area contributed by atoms with Crippen LogP contribution in [0.15, 0.2) is 11.6 Å². The molecule has 1 atom stereocenters. The Morgan fingerprint density at radius 1 is 1.53 bits per heavy atom. The average Bonchev–Trinajstić information content (AvgIpc) is 2.74. The van der Waals surface area contributed by atoms with Gasteiger partial charge in [-0.3, -0.25) is 4.90 Å². The van der Waals surface area contributed by atoms with E-state index in [1.165, 1.54) is 12.8 Å². The van der Waals surface area contributed by atoms with Crippen molar-refractivity contribution >= 4 is 5.97 Å². The molecule has 2 N–H and O–H groups in total. The standard InChI is InChI=1S/C13H23NO3/c1-2-11(13(16)17)7-9-14-8-3-5-12(14)6-4-10-15/h7,12,15H,2-6,8-10H2,1H3,(H,16,17). The molecule has 0 aromatic rings. The zero-order valence-electron chi connectivity index (χ0n) is 10.6. The quantitative estimate of drug-likeness (QED) is 0.665. The van der Waals surface area contributed by atoms with Crippen LogP contribution in [0.3, 0.4) is 0 Å². The molecule has 0 bridgehead atoms. The van der Waals surface area contributed by atoms with Crippen molar-refractivity contribution in [1.29, 1.82) is 0 Å². The minimum atomic E-state index is -0.807. The number of aliphatic hydroxyl groups excluding tert-OH is 1. The molecule has 1 fully saturated rings. The van der Waals surface area contributed by atoms with Gasteiger partial charge in [0.25, 0.3) is 0 Å². The summed E-state index contributed by atoms with van der Waals surface area (Å²) in [5.74, 6) is -0.807. The molecule has 0 spiro atoms. The Hall–Kier alpha value is -0.870. The van der Waals surface area contributed by atoms with Crippen LogP contribution in [0, 0.1) is 0 Å². The fourth-order valence-electron chi connectivity index (χ4n) is 2.40. The van der Waals surface area contributed by atoms with Gasteiger partial charge in [0.15, 0.2) is 0 Å². The molecule has 0 amide bonds. The van der Waals surface area contributed by atoms with Crippen LogP contribution in [0.4, 0.5) is 0 Å². The average molecular weight is 241 g/mol. The first-order chi connectivity index (χ1) is 8.19. The minimum Gasteiger partial charge on any atom is -0.478 e. The van der Waals surface area contributed by atoms with Crippen LogP contribution in [0.25, 0.3) is 0 Å².